The van der Waals surface area contributed by atoms with Crippen LogP contribution in [0.25, 0.3) is 11.0 Å². The van der Waals surface area contributed by atoms with Crippen LogP contribution in [-0.2, 0) is 11.2 Å². The van der Waals surface area contributed by atoms with E-state index in [1.165, 1.54) is 11.3 Å². The molecule has 3 N–H and O–H groups in total. The summed E-state index contributed by atoms with van der Waals surface area (Å²) in [4.78, 5) is 29.2. The molecule has 3 rings (SSSR count). The maximum atomic E-state index is 12.0. The monoisotopic (exact) mass is 542 g/mol. The summed E-state index contributed by atoms with van der Waals surface area (Å²) >= 11 is 1.35. The van der Waals surface area contributed by atoms with Crippen molar-refractivity contribution in [2.45, 2.75) is 33.2 Å². The first kappa shape index (κ1) is 24.1. The Kier molecular flexibility index (Phi) is 9.03. The lowest BCUT2D eigenvalue weighted by molar-refractivity contribution is 0.0531. The Hall–Kier alpha value is -2.21. The third-order valence-corrected chi connectivity index (χ3v) is 5.63. The zero-order valence-corrected chi connectivity index (χ0v) is 20.6. The number of halogens is 1. The fourth-order valence-corrected chi connectivity index (χ4v) is 3.84. The van der Waals surface area contributed by atoms with Gasteiger partial charge in [-0.2, -0.15) is 0 Å². The molecule has 0 amide bonds. The van der Waals surface area contributed by atoms with Gasteiger partial charge in [-0.15, -0.1) is 35.3 Å². The van der Waals surface area contributed by atoms with Crippen LogP contribution >= 0.6 is 35.3 Å². The van der Waals surface area contributed by atoms with Gasteiger partial charge in [0.15, 0.2) is 5.96 Å². The maximum absolute atomic E-state index is 12.0. The average molecular weight is 542 g/mol. The fourth-order valence-electron chi connectivity index (χ4n) is 2.87. The van der Waals surface area contributed by atoms with Crippen LogP contribution in [0.1, 0.15) is 46.1 Å². The molecule has 1 atom stereocenters. The van der Waals surface area contributed by atoms with E-state index in [2.05, 4.69) is 30.6 Å². The van der Waals surface area contributed by atoms with Crippen LogP contribution in [0.2, 0.25) is 0 Å². The number of ether oxygens (including phenoxy) is 1. The molecule has 0 bridgehead atoms. The zero-order valence-electron chi connectivity index (χ0n) is 17.5. The van der Waals surface area contributed by atoms with Crippen molar-refractivity contribution in [3.05, 3.63) is 45.7 Å². The number of carbonyl (C=O) groups excluding carboxylic acids is 1. The van der Waals surface area contributed by atoms with Crippen molar-refractivity contribution in [1.29, 1.82) is 0 Å². The van der Waals surface area contributed by atoms with E-state index in [-0.39, 0.29) is 36.0 Å². The summed E-state index contributed by atoms with van der Waals surface area (Å²) in [7, 11) is 1.72. The van der Waals surface area contributed by atoms with Crippen molar-refractivity contribution in [2.75, 3.05) is 20.2 Å². The lowest BCUT2D eigenvalue weighted by Gasteiger charge is -2.15. The Morgan fingerprint density at radius 2 is 2.10 bits per heavy atom. The number of rotatable bonds is 7. The number of aromatic amines is 1. The van der Waals surface area contributed by atoms with Crippen LogP contribution in [0.4, 0.5) is 0 Å². The molecule has 2 aromatic heterocycles. The van der Waals surface area contributed by atoms with Crippen molar-refractivity contribution < 1.29 is 9.53 Å². The van der Waals surface area contributed by atoms with E-state index in [4.69, 9.17) is 4.74 Å². The second-order valence-electron chi connectivity index (χ2n) is 6.50. The van der Waals surface area contributed by atoms with E-state index in [1.54, 1.807) is 14.0 Å². The van der Waals surface area contributed by atoms with E-state index < -0.39 is 0 Å². The minimum Gasteiger partial charge on any atom is -0.462 e. The molecule has 10 heteroatoms. The van der Waals surface area contributed by atoms with E-state index in [1.807, 2.05) is 38.1 Å². The van der Waals surface area contributed by atoms with Crippen molar-refractivity contribution in [2.24, 2.45) is 4.99 Å². The molecule has 0 saturated heterocycles. The van der Waals surface area contributed by atoms with Gasteiger partial charge in [-0.05, 0) is 32.9 Å². The molecule has 8 nitrogen and oxygen atoms in total. The second-order valence-corrected chi connectivity index (χ2v) is 7.53. The summed E-state index contributed by atoms with van der Waals surface area (Å²) in [5, 5.41) is 7.41. The third-order valence-electron chi connectivity index (χ3n) is 4.31. The van der Waals surface area contributed by atoms with Crippen molar-refractivity contribution in [3.8, 4) is 0 Å². The number of esters is 1. The Morgan fingerprint density at radius 3 is 2.80 bits per heavy atom. The number of guanidine groups is 1. The second kappa shape index (κ2) is 11.3. The molecule has 0 aliphatic rings. The fraction of sp³-hybridized carbons (Fsp3) is 0.400. The number of nitrogens with one attached hydrogen (secondary N) is 3. The van der Waals surface area contributed by atoms with E-state index in [0.717, 1.165) is 28.3 Å². The number of aryl methyl sites for hydroxylation is 1. The largest absolute Gasteiger partial charge is 0.462 e. The number of imidazole rings is 1. The highest BCUT2D eigenvalue weighted by atomic mass is 127. The minimum absolute atomic E-state index is 0. The van der Waals surface area contributed by atoms with Crippen LogP contribution in [0.15, 0.2) is 29.3 Å². The first-order chi connectivity index (χ1) is 14.0. The van der Waals surface area contributed by atoms with Gasteiger partial charge < -0.3 is 20.4 Å². The van der Waals surface area contributed by atoms with Gasteiger partial charge in [-0.3, -0.25) is 4.99 Å². The summed E-state index contributed by atoms with van der Waals surface area (Å²) < 4.78 is 5.09. The topological polar surface area (TPSA) is 104 Å². The Bertz CT molecular complexity index is 983. The van der Waals surface area contributed by atoms with Gasteiger partial charge in [0, 0.05) is 20.0 Å². The van der Waals surface area contributed by atoms with Crippen molar-refractivity contribution >= 4 is 58.3 Å². The molecule has 162 valence electrons. The van der Waals surface area contributed by atoms with E-state index in [9.17, 15) is 4.79 Å². The zero-order chi connectivity index (χ0) is 20.8. The SMILES string of the molecule is CCOC(=O)c1sc(C(C)NC(=NC)NCCc2nc3ccccc3[nH]2)nc1C.I. The maximum Gasteiger partial charge on any atom is 0.350 e. The number of para-hydroxylation sites is 2. The standard InChI is InChI=1S/C20H26N6O2S.HI/c1-5-28-19(27)17-12(2)23-18(29-17)13(3)24-20(21-4)22-11-10-16-25-14-8-6-7-9-15(14)26-16;/h6-9,13H,5,10-11H2,1-4H3,(H,25,26)(H2,21,22,24);1H. The normalized spacial score (nSPS) is 12.3. The van der Waals surface area contributed by atoms with E-state index in [0.29, 0.717) is 29.7 Å². The lowest BCUT2D eigenvalue weighted by Crippen LogP contribution is -2.39. The van der Waals surface area contributed by atoms with Crippen LogP contribution in [-0.4, -0.2) is 47.1 Å². The first-order valence-electron chi connectivity index (χ1n) is 9.57. The van der Waals surface area contributed by atoms with Crippen LogP contribution in [0.3, 0.4) is 0 Å². The number of fused-ring (bicyclic) bond motifs is 1. The van der Waals surface area contributed by atoms with Crippen LogP contribution in [0, 0.1) is 6.92 Å². The molecule has 0 aliphatic heterocycles. The average Bonchev–Trinajstić information content (AvgIpc) is 3.30. The van der Waals surface area contributed by atoms with Gasteiger partial charge in [0.25, 0.3) is 0 Å². The summed E-state index contributed by atoms with van der Waals surface area (Å²) in [5.74, 6) is 1.27. The Labute approximate surface area is 197 Å². The molecular formula is C20H27IN6O2S. The van der Waals surface area contributed by atoms with Gasteiger partial charge >= 0.3 is 5.97 Å². The number of hydrogen-bond donors (Lipinski definition) is 3. The van der Waals surface area contributed by atoms with Gasteiger partial charge in [0.2, 0.25) is 0 Å². The molecule has 0 spiro atoms. The molecule has 1 aromatic carbocycles. The molecule has 2 heterocycles. The lowest BCUT2D eigenvalue weighted by atomic mass is 10.3. The molecule has 1 unspecified atom stereocenters. The highest BCUT2D eigenvalue weighted by Gasteiger charge is 2.20. The molecule has 0 fully saturated rings. The molecule has 0 radical (unpaired) electrons. The number of carbonyl (C=O) groups is 1. The predicted octanol–water partition coefficient (Wildman–Crippen LogP) is 3.59. The number of hydrogen-bond acceptors (Lipinski definition) is 6. The molecule has 3 aromatic rings. The number of H-pyrrole nitrogens is 1. The number of nitrogens with zero attached hydrogens (tertiary/aromatic N) is 3. The predicted molar refractivity (Wildman–Crippen MR) is 131 cm³/mol. The third kappa shape index (κ3) is 5.91. The number of aromatic nitrogens is 3. The molecule has 30 heavy (non-hydrogen) atoms. The molecular weight excluding hydrogens is 515 g/mol. The summed E-state index contributed by atoms with van der Waals surface area (Å²) in [5.41, 5.74) is 2.69. The van der Waals surface area contributed by atoms with Crippen molar-refractivity contribution in [3.63, 3.8) is 0 Å². The molecule has 0 aliphatic carbocycles. The number of benzene rings is 1. The summed E-state index contributed by atoms with van der Waals surface area (Å²) in [6.07, 6.45) is 0.743. The quantitative estimate of drug-likeness (QED) is 0.183. The summed E-state index contributed by atoms with van der Waals surface area (Å²) in [6.45, 7) is 6.62. The van der Waals surface area contributed by atoms with Crippen LogP contribution in [0.5, 0.6) is 0 Å². The van der Waals surface area contributed by atoms with Gasteiger partial charge in [-0.1, -0.05) is 12.1 Å². The van der Waals surface area contributed by atoms with Crippen molar-refractivity contribution in [1.82, 2.24) is 25.6 Å². The van der Waals surface area contributed by atoms with Crippen LogP contribution < -0.4 is 10.6 Å². The number of aliphatic imine (C=N–C) groups is 1. The highest BCUT2D eigenvalue weighted by molar-refractivity contribution is 14.0. The number of thiazole rings is 1. The Balaban J connectivity index is 0.00000320. The minimum atomic E-state index is -0.325. The van der Waals surface area contributed by atoms with Gasteiger partial charge in [-0.25, -0.2) is 14.8 Å². The van der Waals surface area contributed by atoms with Gasteiger partial charge in [0.1, 0.15) is 15.7 Å². The first-order valence-corrected chi connectivity index (χ1v) is 10.4. The molecule has 0 saturated carbocycles. The summed E-state index contributed by atoms with van der Waals surface area (Å²) in [6, 6.07) is 7.88. The smallest absolute Gasteiger partial charge is 0.350 e. The Morgan fingerprint density at radius 1 is 1.33 bits per heavy atom. The highest BCUT2D eigenvalue weighted by Crippen LogP contribution is 2.24. The van der Waals surface area contributed by atoms with E-state index >= 15 is 0 Å². The van der Waals surface area contributed by atoms with Gasteiger partial charge in [0.05, 0.1) is 29.4 Å².